The summed E-state index contributed by atoms with van der Waals surface area (Å²) < 4.78 is 21.8. The second kappa shape index (κ2) is 6.30. The molecule has 1 fully saturated rings. The molecule has 0 N–H and O–H groups in total. The molecular formula is C8H17ClN2O3S. The van der Waals surface area contributed by atoms with Crippen LogP contribution in [0.4, 0.5) is 0 Å². The fraction of sp³-hybridized carbons (Fsp3) is 0.875. The second-order valence-corrected chi connectivity index (χ2v) is 5.87. The van der Waals surface area contributed by atoms with Crippen molar-refractivity contribution in [2.75, 3.05) is 44.7 Å². The highest BCUT2D eigenvalue weighted by molar-refractivity contribution is 7.90. The van der Waals surface area contributed by atoms with E-state index in [9.17, 15) is 13.2 Å². The fourth-order valence-electron chi connectivity index (χ4n) is 1.39. The topological polar surface area (TPSA) is 57.7 Å². The third kappa shape index (κ3) is 5.96. The minimum Gasteiger partial charge on any atom is -0.343 e. The standard InChI is InChI=1S/C8H16N2O3S.ClH/c1-14(12,13)7-6-9-2-4-10(8-11)5-3-9;/h8H,2-7H2,1H3;1H. The summed E-state index contributed by atoms with van der Waals surface area (Å²) in [6, 6.07) is 0. The van der Waals surface area contributed by atoms with E-state index in [1.165, 1.54) is 6.26 Å². The van der Waals surface area contributed by atoms with Gasteiger partial charge in [0.15, 0.2) is 0 Å². The summed E-state index contributed by atoms with van der Waals surface area (Å²) in [4.78, 5) is 14.2. The van der Waals surface area contributed by atoms with Crippen LogP contribution < -0.4 is 0 Å². The Hall–Kier alpha value is -0.330. The van der Waals surface area contributed by atoms with Gasteiger partial charge in [0.25, 0.3) is 0 Å². The summed E-state index contributed by atoms with van der Waals surface area (Å²) >= 11 is 0. The summed E-state index contributed by atoms with van der Waals surface area (Å²) in [5.74, 6) is 0.202. The lowest BCUT2D eigenvalue weighted by Gasteiger charge is -2.32. The maximum absolute atomic E-state index is 10.9. The molecule has 0 aliphatic carbocycles. The Morgan fingerprint density at radius 2 is 1.73 bits per heavy atom. The van der Waals surface area contributed by atoms with Crippen LogP contribution in [-0.2, 0) is 14.6 Å². The zero-order valence-corrected chi connectivity index (χ0v) is 10.4. The number of halogens is 1. The zero-order chi connectivity index (χ0) is 10.6. The lowest BCUT2D eigenvalue weighted by molar-refractivity contribution is -0.119. The van der Waals surface area contributed by atoms with Crippen LogP contribution in [0.1, 0.15) is 0 Å². The van der Waals surface area contributed by atoms with Crippen molar-refractivity contribution in [2.24, 2.45) is 0 Å². The van der Waals surface area contributed by atoms with Crippen molar-refractivity contribution in [3.63, 3.8) is 0 Å². The average Bonchev–Trinajstić information content (AvgIpc) is 2.14. The number of carbonyl (C=O) groups excluding carboxylic acids is 1. The Bertz CT molecular complexity index is 286. The number of piperazine rings is 1. The Kier molecular flexibility index (Phi) is 6.16. The van der Waals surface area contributed by atoms with E-state index in [-0.39, 0.29) is 18.2 Å². The van der Waals surface area contributed by atoms with Crippen LogP contribution in [0.2, 0.25) is 0 Å². The van der Waals surface area contributed by atoms with Crippen molar-refractivity contribution in [3.05, 3.63) is 0 Å². The summed E-state index contributed by atoms with van der Waals surface area (Å²) in [5.41, 5.74) is 0. The molecule has 7 heteroatoms. The number of nitrogens with zero attached hydrogens (tertiary/aromatic N) is 2. The van der Waals surface area contributed by atoms with E-state index in [4.69, 9.17) is 0 Å². The summed E-state index contributed by atoms with van der Waals surface area (Å²) in [6.07, 6.45) is 2.09. The van der Waals surface area contributed by atoms with Crippen molar-refractivity contribution in [2.45, 2.75) is 0 Å². The largest absolute Gasteiger partial charge is 0.343 e. The molecular weight excluding hydrogens is 240 g/mol. The summed E-state index contributed by atoms with van der Waals surface area (Å²) in [5, 5.41) is 0. The van der Waals surface area contributed by atoms with E-state index in [1.807, 2.05) is 0 Å². The van der Waals surface area contributed by atoms with Gasteiger partial charge in [0.05, 0.1) is 5.75 Å². The van der Waals surface area contributed by atoms with Gasteiger partial charge in [-0.15, -0.1) is 12.4 Å². The predicted molar refractivity (Wildman–Crippen MR) is 61.0 cm³/mol. The van der Waals surface area contributed by atoms with E-state index < -0.39 is 9.84 Å². The highest BCUT2D eigenvalue weighted by Crippen LogP contribution is 1.99. The molecule has 1 saturated heterocycles. The van der Waals surface area contributed by atoms with Gasteiger partial charge in [0, 0.05) is 39.0 Å². The lowest BCUT2D eigenvalue weighted by atomic mass is 10.3. The molecule has 0 unspecified atom stereocenters. The first-order valence-corrected chi connectivity index (χ1v) is 6.67. The molecule has 0 aromatic carbocycles. The van der Waals surface area contributed by atoms with Gasteiger partial charge in [-0.05, 0) is 0 Å². The van der Waals surface area contributed by atoms with Crippen molar-refractivity contribution in [1.82, 2.24) is 9.80 Å². The SMILES string of the molecule is CS(=O)(=O)CCN1CCN(C=O)CC1.Cl. The molecule has 0 atom stereocenters. The molecule has 0 radical (unpaired) electrons. The Balaban J connectivity index is 0.00000196. The van der Waals surface area contributed by atoms with E-state index >= 15 is 0 Å². The predicted octanol–water partition coefficient (Wildman–Crippen LogP) is -0.773. The van der Waals surface area contributed by atoms with Crippen molar-refractivity contribution in [3.8, 4) is 0 Å². The molecule has 1 aliphatic rings. The monoisotopic (exact) mass is 256 g/mol. The quantitative estimate of drug-likeness (QED) is 0.620. The molecule has 1 amide bonds. The van der Waals surface area contributed by atoms with Gasteiger partial charge < -0.3 is 4.90 Å². The number of carbonyl (C=O) groups is 1. The van der Waals surface area contributed by atoms with E-state index in [0.717, 1.165) is 19.5 Å². The number of sulfone groups is 1. The smallest absolute Gasteiger partial charge is 0.209 e. The molecule has 5 nitrogen and oxygen atoms in total. The maximum Gasteiger partial charge on any atom is 0.209 e. The van der Waals surface area contributed by atoms with Crippen LogP contribution >= 0.6 is 12.4 Å². The average molecular weight is 257 g/mol. The minimum atomic E-state index is -2.87. The van der Waals surface area contributed by atoms with Crippen LogP contribution in [0.15, 0.2) is 0 Å². The Labute approximate surface area is 96.7 Å². The molecule has 0 aromatic heterocycles. The van der Waals surface area contributed by atoms with Crippen LogP contribution in [0, 0.1) is 0 Å². The normalized spacial score (nSPS) is 18.3. The van der Waals surface area contributed by atoms with Crippen molar-refractivity contribution in [1.29, 1.82) is 0 Å². The Morgan fingerprint density at radius 3 is 2.13 bits per heavy atom. The highest BCUT2D eigenvalue weighted by Gasteiger charge is 2.16. The molecule has 0 spiro atoms. The van der Waals surface area contributed by atoms with E-state index in [2.05, 4.69) is 4.90 Å². The van der Waals surface area contributed by atoms with Gasteiger partial charge in [-0.2, -0.15) is 0 Å². The minimum absolute atomic E-state index is 0. The number of hydrogen-bond donors (Lipinski definition) is 0. The number of hydrogen-bond acceptors (Lipinski definition) is 4. The van der Waals surface area contributed by atoms with Crippen LogP contribution in [0.3, 0.4) is 0 Å². The first kappa shape index (κ1) is 14.7. The molecule has 0 aromatic rings. The number of amides is 1. The van der Waals surface area contributed by atoms with Gasteiger partial charge in [0.2, 0.25) is 6.41 Å². The van der Waals surface area contributed by atoms with E-state index in [1.54, 1.807) is 4.90 Å². The van der Waals surface area contributed by atoms with Gasteiger partial charge in [0.1, 0.15) is 9.84 Å². The molecule has 90 valence electrons. The third-order valence-electron chi connectivity index (χ3n) is 2.33. The van der Waals surface area contributed by atoms with Gasteiger partial charge in [-0.3, -0.25) is 9.69 Å². The van der Waals surface area contributed by atoms with Crippen molar-refractivity contribution >= 4 is 28.7 Å². The summed E-state index contributed by atoms with van der Waals surface area (Å²) in [7, 11) is -2.87. The molecule has 15 heavy (non-hydrogen) atoms. The zero-order valence-electron chi connectivity index (χ0n) is 8.76. The molecule has 0 saturated carbocycles. The third-order valence-corrected chi connectivity index (χ3v) is 3.26. The first-order valence-electron chi connectivity index (χ1n) is 4.61. The van der Waals surface area contributed by atoms with Crippen LogP contribution in [-0.4, -0.2) is 69.4 Å². The molecule has 1 heterocycles. The van der Waals surface area contributed by atoms with Crippen molar-refractivity contribution < 1.29 is 13.2 Å². The fourth-order valence-corrected chi connectivity index (χ4v) is 1.98. The molecule has 1 aliphatic heterocycles. The van der Waals surface area contributed by atoms with Gasteiger partial charge in [-0.1, -0.05) is 0 Å². The van der Waals surface area contributed by atoms with Gasteiger partial charge >= 0.3 is 0 Å². The molecule has 0 bridgehead atoms. The van der Waals surface area contributed by atoms with Gasteiger partial charge in [-0.25, -0.2) is 8.42 Å². The summed E-state index contributed by atoms with van der Waals surface area (Å²) in [6.45, 7) is 3.52. The van der Waals surface area contributed by atoms with E-state index in [0.29, 0.717) is 19.6 Å². The first-order chi connectivity index (χ1) is 6.51. The number of rotatable bonds is 4. The van der Waals surface area contributed by atoms with Crippen LogP contribution in [0.25, 0.3) is 0 Å². The highest BCUT2D eigenvalue weighted by atomic mass is 35.5. The molecule has 1 rings (SSSR count). The maximum atomic E-state index is 10.9. The van der Waals surface area contributed by atoms with Crippen LogP contribution in [0.5, 0.6) is 0 Å². The second-order valence-electron chi connectivity index (χ2n) is 3.61. The Morgan fingerprint density at radius 1 is 1.20 bits per heavy atom. The lowest BCUT2D eigenvalue weighted by Crippen LogP contribution is -2.46.